The van der Waals surface area contributed by atoms with Gasteiger partial charge in [-0.15, -0.1) is 0 Å². The number of rotatable bonds is 11. The van der Waals surface area contributed by atoms with Gasteiger partial charge in [0.1, 0.15) is 0 Å². The van der Waals surface area contributed by atoms with E-state index in [0.717, 1.165) is 19.4 Å². The molecule has 0 amide bonds. The Labute approximate surface area is 146 Å². The summed E-state index contributed by atoms with van der Waals surface area (Å²) in [6, 6.07) is 6.52. The average molecular weight is 335 g/mol. The summed E-state index contributed by atoms with van der Waals surface area (Å²) >= 11 is 0. The molecule has 0 fully saturated rings. The molecule has 0 unspecified atom stereocenters. The molecule has 0 atom stereocenters. The summed E-state index contributed by atoms with van der Waals surface area (Å²) in [7, 11) is 0. The summed E-state index contributed by atoms with van der Waals surface area (Å²) < 4.78 is 0. The number of aliphatic hydroxyl groups is 2. The number of aliphatic hydroxyl groups excluding tert-OH is 2. The number of benzene rings is 1. The first-order valence-corrected chi connectivity index (χ1v) is 9.50. The van der Waals surface area contributed by atoms with E-state index < -0.39 is 5.54 Å². The Morgan fingerprint density at radius 2 is 1.79 bits per heavy atom. The van der Waals surface area contributed by atoms with Crippen LogP contribution in [0.15, 0.2) is 18.2 Å². The molecule has 4 N–H and O–H groups in total. The fourth-order valence-electron chi connectivity index (χ4n) is 3.60. The molecule has 0 aromatic heterocycles. The average Bonchev–Trinajstić information content (AvgIpc) is 3.01. The van der Waals surface area contributed by atoms with Gasteiger partial charge < -0.3 is 20.8 Å². The molecule has 1 aromatic carbocycles. The van der Waals surface area contributed by atoms with Gasteiger partial charge in [0.05, 0.1) is 18.8 Å². The third-order valence-corrected chi connectivity index (χ3v) is 5.16. The molecule has 0 saturated heterocycles. The molecule has 4 heteroatoms. The van der Waals surface area contributed by atoms with E-state index in [-0.39, 0.29) is 13.2 Å². The maximum absolute atomic E-state index is 9.44. The third kappa shape index (κ3) is 4.95. The first-order chi connectivity index (χ1) is 11.6. The molecule has 1 aromatic rings. The Hall–Kier alpha value is -1.10. The summed E-state index contributed by atoms with van der Waals surface area (Å²) in [4.78, 5) is 2.21. The normalized spacial score (nSPS) is 14.2. The van der Waals surface area contributed by atoms with Crippen LogP contribution in [0.4, 0.5) is 5.69 Å². The van der Waals surface area contributed by atoms with Gasteiger partial charge >= 0.3 is 0 Å². The lowest BCUT2D eigenvalue weighted by Crippen LogP contribution is -2.55. The monoisotopic (exact) mass is 334 g/mol. The van der Waals surface area contributed by atoms with Gasteiger partial charge in [0, 0.05) is 18.8 Å². The van der Waals surface area contributed by atoms with Crippen LogP contribution in [0.1, 0.15) is 56.6 Å². The molecule has 4 nitrogen and oxygen atoms in total. The van der Waals surface area contributed by atoms with Crippen molar-refractivity contribution in [1.29, 1.82) is 0 Å². The smallest absolute Gasteiger partial charge is 0.0800 e. The quantitative estimate of drug-likeness (QED) is 0.544. The molecule has 0 spiro atoms. The minimum atomic E-state index is -0.934. The van der Waals surface area contributed by atoms with Crippen LogP contribution in [-0.2, 0) is 12.8 Å². The van der Waals surface area contributed by atoms with Gasteiger partial charge in [0.15, 0.2) is 0 Å². The Morgan fingerprint density at radius 3 is 2.50 bits per heavy atom. The van der Waals surface area contributed by atoms with Crippen molar-refractivity contribution >= 4 is 5.69 Å². The van der Waals surface area contributed by atoms with Gasteiger partial charge in [0.2, 0.25) is 0 Å². The molecular formula is C20H34N2O2. The molecule has 136 valence electrons. The van der Waals surface area contributed by atoms with Crippen molar-refractivity contribution in [3.63, 3.8) is 0 Å². The summed E-state index contributed by atoms with van der Waals surface area (Å²) in [5.41, 5.74) is 9.26. The van der Waals surface area contributed by atoms with E-state index in [4.69, 9.17) is 5.73 Å². The van der Waals surface area contributed by atoms with Crippen molar-refractivity contribution in [3.05, 3.63) is 29.3 Å². The van der Waals surface area contributed by atoms with E-state index in [1.54, 1.807) is 0 Å². The fraction of sp³-hybridized carbons (Fsp3) is 0.700. The lowest BCUT2D eigenvalue weighted by atomic mass is 9.98. The number of unbranched alkanes of at least 4 members (excludes halogenated alkanes) is 5. The first kappa shape index (κ1) is 19.2. The van der Waals surface area contributed by atoms with Gasteiger partial charge in [-0.25, -0.2) is 0 Å². The minimum Gasteiger partial charge on any atom is -0.394 e. The molecule has 0 radical (unpaired) electrons. The Balaban J connectivity index is 1.93. The molecular weight excluding hydrogens is 300 g/mol. The zero-order valence-electron chi connectivity index (χ0n) is 15.1. The van der Waals surface area contributed by atoms with Crippen LogP contribution in [0.25, 0.3) is 0 Å². The van der Waals surface area contributed by atoms with E-state index in [0.29, 0.717) is 6.54 Å². The SMILES string of the molecule is CCCCCCCCc1cccc2c1CCN2CC(N)(CO)CO. The predicted octanol–water partition coefficient (Wildman–Crippen LogP) is 2.63. The highest BCUT2D eigenvalue weighted by Gasteiger charge is 2.30. The Kier molecular flexibility index (Phi) is 7.53. The zero-order chi connectivity index (χ0) is 17.4. The van der Waals surface area contributed by atoms with E-state index in [1.165, 1.54) is 55.3 Å². The van der Waals surface area contributed by atoms with E-state index in [9.17, 15) is 10.2 Å². The maximum Gasteiger partial charge on any atom is 0.0800 e. The molecule has 0 bridgehead atoms. The number of hydrogen-bond donors (Lipinski definition) is 3. The Bertz CT molecular complexity index is 500. The van der Waals surface area contributed by atoms with Crippen LogP contribution in [-0.4, -0.2) is 42.1 Å². The highest BCUT2D eigenvalue weighted by Crippen LogP contribution is 2.32. The second kappa shape index (κ2) is 9.40. The zero-order valence-corrected chi connectivity index (χ0v) is 15.1. The van der Waals surface area contributed by atoms with Gasteiger partial charge in [-0.2, -0.15) is 0 Å². The number of nitrogens with zero attached hydrogens (tertiary/aromatic N) is 1. The number of anilines is 1. The number of fused-ring (bicyclic) bond motifs is 1. The van der Waals surface area contributed by atoms with E-state index in [1.807, 2.05) is 0 Å². The second-order valence-corrected chi connectivity index (χ2v) is 7.28. The Morgan fingerprint density at radius 1 is 1.08 bits per heavy atom. The lowest BCUT2D eigenvalue weighted by molar-refractivity contribution is 0.125. The first-order valence-electron chi connectivity index (χ1n) is 9.50. The van der Waals surface area contributed by atoms with Crippen LogP contribution >= 0.6 is 0 Å². The van der Waals surface area contributed by atoms with Crippen molar-refractivity contribution in [1.82, 2.24) is 0 Å². The predicted molar refractivity (Wildman–Crippen MR) is 101 cm³/mol. The number of aryl methyl sites for hydroxylation is 1. The highest BCUT2D eigenvalue weighted by atomic mass is 16.3. The van der Waals surface area contributed by atoms with Gasteiger partial charge in [-0.05, 0) is 36.5 Å². The van der Waals surface area contributed by atoms with Crippen molar-refractivity contribution in [3.8, 4) is 0 Å². The lowest BCUT2D eigenvalue weighted by Gasteiger charge is -2.31. The van der Waals surface area contributed by atoms with Crippen LogP contribution in [0.5, 0.6) is 0 Å². The summed E-state index contributed by atoms with van der Waals surface area (Å²) in [5, 5.41) is 18.9. The molecule has 1 aliphatic rings. The number of hydrogen-bond acceptors (Lipinski definition) is 4. The molecule has 2 rings (SSSR count). The van der Waals surface area contributed by atoms with Gasteiger partial charge in [-0.1, -0.05) is 51.2 Å². The van der Waals surface area contributed by atoms with Crippen LogP contribution in [0, 0.1) is 0 Å². The summed E-state index contributed by atoms with van der Waals surface area (Å²) in [6.07, 6.45) is 10.1. The molecule has 24 heavy (non-hydrogen) atoms. The highest BCUT2D eigenvalue weighted by molar-refractivity contribution is 5.61. The van der Waals surface area contributed by atoms with Crippen LogP contribution in [0.3, 0.4) is 0 Å². The summed E-state index contributed by atoms with van der Waals surface area (Å²) in [6.45, 7) is 3.26. The third-order valence-electron chi connectivity index (χ3n) is 5.16. The second-order valence-electron chi connectivity index (χ2n) is 7.28. The standard InChI is InChI=1S/C20H34N2O2/c1-2-3-4-5-6-7-9-17-10-8-11-19-18(17)12-13-22(19)14-20(21,15-23)16-24/h8,10-11,23-24H,2-7,9,12-16,21H2,1H3. The minimum absolute atomic E-state index is 0.202. The molecule has 0 saturated carbocycles. The van der Waals surface area contributed by atoms with Crippen molar-refractivity contribution < 1.29 is 10.2 Å². The van der Waals surface area contributed by atoms with Crippen molar-refractivity contribution in [2.75, 3.05) is 31.2 Å². The van der Waals surface area contributed by atoms with Gasteiger partial charge in [0.25, 0.3) is 0 Å². The van der Waals surface area contributed by atoms with Crippen LogP contribution < -0.4 is 10.6 Å². The van der Waals surface area contributed by atoms with Crippen LogP contribution in [0.2, 0.25) is 0 Å². The maximum atomic E-state index is 9.44. The topological polar surface area (TPSA) is 69.7 Å². The molecule has 0 aliphatic carbocycles. The molecule has 1 aliphatic heterocycles. The summed E-state index contributed by atoms with van der Waals surface area (Å²) in [5.74, 6) is 0. The van der Waals surface area contributed by atoms with E-state index in [2.05, 4.69) is 30.0 Å². The fourth-order valence-corrected chi connectivity index (χ4v) is 3.60. The molecule has 1 heterocycles. The van der Waals surface area contributed by atoms with Crippen molar-refractivity contribution in [2.24, 2.45) is 5.73 Å². The van der Waals surface area contributed by atoms with Crippen molar-refractivity contribution in [2.45, 2.75) is 63.8 Å². The van der Waals surface area contributed by atoms with Gasteiger partial charge in [-0.3, -0.25) is 0 Å². The largest absolute Gasteiger partial charge is 0.394 e. The number of nitrogens with two attached hydrogens (primary N) is 1. The van der Waals surface area contributed by atoms with E-state index >= 15 is 0 Å².